The summed E-state index contributed by atoms with van der Waals surface area (Å²) >= 11 is 0. The summed E-state index contributed by atoms with van der Waals surface area (Å²) in [6.07, 6.45) is 0. The van der Waals surface area contributed by atoms with Crippen molar-refractivity contribution in [2.75, 3.05) is 0 Å². The normalized spacial score (nSPS) is 11.6. The third kappa shape index (κ3) is 3.36. The molecule has 0 aliphatic carbocycles. The van der Waals surface area contributed by atoms with E-state index in [4.69, 9.17) is 15.0 Å². The van der Waals surface area contributed by atoms with E-state index in [0.29, 0.717) is 22.4 Å². The van der Waals surface area contributed by atoms with Crippen molar-refractivity contribution >= 4 is 38.5 Å². The number of fused-ring (bicyclic) bond motifs is 5. The lowest BCUT2D eigenvalue weighted by molar-refractivity contribution is 1.05. The molecule has 0 saturated heterocycles. The fourth-order valence-electron chi connectivity index (χ4n) is 5.46. The molecular formula is C34H21N5O. The molecule has 6 nitrogen and oxygen atoms in total. The molecule has 6 heteroatoms. The molecule has 188 valence electrons. The van der Waals surface area contributed by atoms with Crippen LogP contribution in [0.3, 0.4) is 0 Å². The van der Waals surface area contributed by atoms with Gasteiger partial charge in [0.15, 0.2) is 5.65 Å². The second-order valence-electron chi connectivity index (χ2n) is 9.72. The van der Waals surface area contributed by atoms with Crippen LogP contribution in [0.4, 0.5) is 0 Å². The van der Waals surface area contributed by atoms with Gasteiger partial charge in [0.2, 0.25) is 0 Å². The van der Waals surface area contributed by atoms with Gasteiger partial charge in [0.1, 0.15) is 11.6 Å². The van der Waals surface area contributed by atoms with Crippen molar-refractivity contribution in [2.24, 2.45) is 0 Å². The Morgan fingerprint density at radius 2 is 1.15 bits per heavy atom. The molecule has 0 amide bonds. The zero-order valence-corrected chi connectivity index (χ0v) is 21.3. The summed E-state index contributed by atoms with van der Waals surface area (Å²) < 4.78 is 3.81. The van der Waals surface area contributed by atoms with Crippen molar-refractivity contribution < 1.29 is 0 Å². The molecule has 0 unspecified atom stereocenters. The largest absolute Gasteiger partial charge is 0.292 e. The van der Waals surface area contributed by atoms with Crippen LogP contribution in [0.25, 0.3) is 66.9 Å². The number of hydrogen-bond donors (Lipinski definition) is 0. The first kappa shape index (κ1) is 22.4. The summed E-state index contributed by atoms with van der Waals surface area (Å²) in [7, 11) is 0. The van der Waals surface area contributed by atoms with Crippen molar-refractivity contribution in [1.29, 1.82) is 0 Å². The van der Waals surface area contributed by atoms with E-state index in [1.807, 2.05) is 109 Å². The van der Waals surface area contributed by atoms with Gasteiger partial charge in [0.05, 0.1) is 27.5 Å². The molecule has 8 aromatic rings. The molecule has 3 heterocycles. The lowest BCUT2D eigenvalue weighted by Crippen LogP contribution is -2.18. The number of para-hydroxylation sites is 4. The molecule has 0 atom stereocenters. The predicted octanol–water partition coefficient (Wildman–Crippen LogP) is 7.07. The average molecular weight is 516 g/mol. The minimum absolute atomic E-state index is 0.143. The Labute approximate surface area is 228 Å². The number of imidazole rings is 1. The van der Waals surface area contributed by atoms with Gasteiger partial charge in [0.25, 0.3) is 5.56 Å². The Bertz CT molecular complexity index is 2290. The molecule has 0 radical (unpaired) electrons. The highest BCUT2D eigenvalue weighted by atomic mass is 16.1. The Hall–Kier alpha value is -5.62. The highest BCUT2D eigenvalue weighted by Crippen LogP contribution is 2.32. The predicted molar refractivity (Wildman–Crippen MR) is 160 cm³/mol. The van der Waals surface area contributed by atoms with Crippen molar-refractivity contribution in [1.82, 2.24) is 23.9 Å². The first-order valence-electron chi connectivity index (χ1n) is 13.1. The monoisotopic (exact) mass is 515 g/mol. The molecular weight excluding hydrogens is 494 g/mol. The van der Waals surface area contributed by atoms with Gasteiger partial charge >= 0.3 is 0 Å². The second-order valence-corrected chi connectivity index (χ2v) is 9.72. The van der Waals surface area contributed by atoms with Crippen molar-refractivity contribution in [3.8, 4) is 28.5 Å². The molecule has 0 N–H and O–H groups in total. The van der Waals surface area contributed by atoms with Crippen LogP contribution in [0.15, 0.2) is 132 Å². The maximum Gasteiger partial charge on any atom is 0.267 e. The highest BCUT2D eigenvalue weighted by molar-refractivity contribution is 5.98. The van der Waals surface area contributed by atoms with E-state index in [0.717, 1.165) is 44.6 Å². The van der Waals surface area contributed by atoms with Crippen LogP contribution in [-0.4, -0.2) is 23.9 Å². The SMILES string of the molecule is O=c1c2ccccc2nc2c3cc(-c4nc5ccccc5n4-c4ccccc4)ccc3nc(-c3ccccc3)n12. The smallest absolute Gasteiger partial charge is 0.267 e. The van der Waals surface area contributed by atoms with Crippen molar-refractivity contribution in [3.05, 3.63) is 138 Å². The first-order valence-corrected chi connectivity index (χ1v) is 13.1. The molecule has 5 aromatic carbocycles. The Morgan fingerprint density at radius 1 is 0.500 bits per heavy atom. The van der Waals surface area contributed by atoms with Crippen molar-refractivity contribution in [3.63, 3.8) is 0 Å². The molecule has 0 spiro atoms. The van der Waals surface area contributed by atoms with Gasteiger partial charge in [-0.3, -0.25) is 9.36 Å². The topological polar surface area (TPSA) is 65.1 Å². The Balaban J connectivity index is 1.48. The number of aromatic nitrogens is 5. The number of rotatable bonds is 3. The molecule has 0 bridgehead atoms. The van der Waals surface area contributed by atoms with Gasteiger partial charge in [-0.25, -0.2) is 19.4 Å². The first-order chi connectivity index (χ1) is 19.8. The van der Waals surface area contributed by atoms with Crippen LogP contribution >= 0.6 is 0 Å². The third-order valence-electron chi connectivity index (χ3n) is 7.32. The summed E-state index contributed by atoms with van der Waals surface area (Å²) in [5.74, 6) is 1.37. The maximum absolute atomic E-state index is 13.9. The lowest BCUT2D eigenvalue weighted by atomic mass is 10.1. The maximum atomic E-state index is 13.9. The van der Waals surface area contributed by atoms with Crippen molar-refractivity contribution in [2.45, 2.75) is 0 Å². The molecule has 0 saturated carbocycles. The highest BCUT2D eigenvalue weighted by Gasteiger charge is 2.19. The summed E-state index contributed by atoms with van der Waals surface area (Å²) in [5.41, 5.74) is 6.54. The third-order valence-corrected chi connectivity index (χ3v) is 7.32. The fourth-order valence-corrected chi connectivity index (χ4v) is 5.46. The summed E-state index contributed by atoms with van der Waals surface area (Å²) in [6.45, 7) is 0. The summed E-state index contributed by atoms with van der Waals surface area (Å²) in [5, 5.41) is 1.34. The Morgan fingerprint density at radius 3 is 1.98 bits per heavy atom. The quantitative estimate of drug-likeness (QED) is 0.186. The van der Waals surface area contributed by atoms with E-state index in [9.17, 15) is 4.79 Å². The standard InChI is InChI=1S/C34H21N5O/c40-34-25-15-7-8-16-27(25)36-33-26-21-23(19-20-28(26)35-31(39(33)34)22-11-3-1-4-12-22)32-37-29-17-9-10-18-30(29)38(32)24-13-5-2-6-14-24/h1-21H. The van der Waals surface area contributed by atoms with E-state index in [1.165, 1.54) is 0 Å². The lowest BCUT2D eigenvalue weighted by Gasteiger charge is -2.14. The number of hydrogen-bond acceptors (Lipinski definition) is 4. The van der Waals surface area contributed by atoms with E-state index in [2.05, 4.69) is 22.8 Å². The van der Waals surface area contributed by atoms with E-state index < -0.39 is 0 Å². The second kappa shape index (κ2) is 8.71. The fraction of sp³-hybridized carbons (Fsp3) is 0. The van der Waals surface area contributed by atoms with Crippen LogP contribution in [-0.2, 0) is 0 Å². The molecule has 40 heavy (non-hydrogen) atoms. The minimum atomic E-state index is -0.143. The minimum Gasteiger partial charge on any atom is -0.292 e. The summed E-state index contributed by atoms with van der Waals surface area (Å²) in [4.78, 5) is 28.9. The molecule has 0 aliphatic rings. The van der Waals surface area contributed by atoms with Gasteiger partial charge in [-0.05, 0) is 54.6 Å². The zero-order chi connectivity index (χ0) is 26.6. The molecule has 3 aromatic heterocycles. The summed E-state index contributed by atoms with van der Waals surface area (Å²) in [6, 6.07) is 41.7. The van der Waals surface area contributed by atoms with Gasteiger partial charge in [-0.2, -0.15) is 0 Å². The van der Waals surface area contributed by atoms with Gasteiger partial charge in [-0.15, -0.1) is 0 Å². The molecule has 0 fully saturated rings. The van der Waals surface area contributed by atoms with Gasteiger partial charge in [0, 0.05) is 22.2 Å². The van der Waals surface area contributed by atoms with Gasteiger partial charge < -0.3 is 0 Å². The van der Waals surface area contributed by atoms with Crippen LogP contribution < -0.4 is 5.56 Å². The van der Waals surface area contributed by atoms with Gasteiger partial charge in [-0.1, -0.05) is 72.8 Å². The van der Waals surface area contributed by atoms with Crippen LogP contribution in [0.5, 0.6) is 0 Å². The zero-order valence-electron chi connectivity index (χ0n) is 21.3. The number of nitrogens with zero attached hydrogens (tertiary/aromatic N) is 5. The average Bonchev–Trinajstić information content (AvgIpc) is 3.41. The Kier molecular flexibility index (Phi) is 4.87. The molecule has 0 aliphatic heterocycles. The van der Waals surface area contributed by atoms with E-state index in [-0.39, 0.29) is 5.56 Å². The van der Waals surface area contributed by atoms with Crippen LogP contribution in [0.2, 0.25) is 0 Å². The van der Waals surface area contributed by atoms with E-state index in [1.54, 1.807) is 4.40 Å². The number of benzene rings is 5. The van der Waals surface area contributed by atoms with Crippen LogP contribution in [0, 0.1) is 0 Å². The van der Waals surface area contributed by atoms with Crippen LogP contribution in [0.1, 0.15) is 0 Å². The van der Waals surface area contributed by atoms with E-state index >= 15 is 0 Å². The molecule has 8 rings (SSSR count).